The smallest absolute Gasteiger partial charge is 0.159 e. The van der Waals surface area contributed by atoms with Crippen LogP contribution in [0, 0.1) is 10.5 Å². The van der Waals surface area contributed by atoms with E-state index in [0.29, 0.717) is 6.54 Å². The summed E-state index contributed by atoms with van der Waals surface area (Å²) in [6.07, 6.45) is 0. The van der Waals surface area contributed by atoms with Crippen molar-refractivity contribution in [1.29, 1.82) is 0 Å². The standard InChI is InChI=1S/C17H13IN4/c1-11-20-21-16-10-19-17(12-5-3-2-4-6-12)14-9-13(18)7-8-15(14)22(11)16/h2-9H,10H2,1H3. The molecule has 0 saturated carbocycles. The summed E-state index contributed by atoms with van der Waals surface area (Å²) in [4.78, 5) is 4.82. The van der Waals surface area contributed by atoms with E-state index in [1.165, 1.54) is 3.57 Å². The summed E-state index contributed by atoms with van der Waals surface area (Å²) >= 11 is 2.34. The van der Waals surface area contributed by atoms with Crippen molar-refractivity contribution in [2.24, 2.45) is 4.99 Å². The number of hydrogen-bond donors (Lipinski definition) is 0. The third-order valence-corrected chi connectivity index (χ3v) is 4.44. The van der Waals surface area contributed by atoms with Crippen LogP contribution < -0.4 is 0 Å². The van der Waals surface area contributed by atoms with Crippen LogP contribution in [0.2, 0.25) is 0 Å². The van der Waals surface area contributed by atoms with Crippen LogP contribution in [0.25, 0.3) is 5.69 Å². The van der Waals surface area contributed by atoms with Crippen LogP contribution in [-0.2, 0) is 6.54 Å². The zero-order chi connectivity index (χ0) is 15.1. The summed E-state index contributed by atoms with van der Waals surface area (Å²) < 4.78 is 3.29. The van der Waals surface area contributed by atoms with Gasteiger partial charge in [-0.05, 0) is 47.7 Å². The van der Waals surface area contributed by atoms with E-state index in [1.807, 2.05) is 25.1 Å². The van der Waals surface area contributed by atoms with Crippen LogP contribution in [-0.4, -0.2) is 20.5 Å². The van der Waals surface area contributed by atoms with Crippen molar-refractivity contribution in [2.75, 3.05) is 0 Å². The first-order chi connectivity index (χ1) is 10.7. The first-order valence-electron chi connectivity index (χ1n) is 7.05. The minimum Gasteiger partial charge on any atom is -0.281 e. The van der Waals surface area contributed by atoms with Crippen LogP contribution in [0.1, 0.15) is 22.8 Å². The fourth-order valence-corrected chi connectivity index (χ4v) is 3.28. The number of aryl methyl sites for hydroxylation is 1. The van der Waals surface area contributed by atoms with E-state index in [1.54, 1.807) is 0 Å². The molecule has 2 aromatic carbocycles. The number of rotatable bonds is 1. The fourth-order valence-electron chi connectivity index (χ4n) is 2.79. The van der Waals surface area contributed by atoms with Crippen molar-refractivity contribution in [3.05, 3.63) is 74.9 Å². The maximum atomic E-state index is 4.82. The molecular formula is C17H13IN4. The summed E-state index contributed by atoms with van der Waals surface area (Å²) in [5, 5.41) is 8.47. The van der Waals surface area contributed by atoms with Gasteiger partial charge in [0, 0.05) is 14.7 Å². The lowest BCUT2D eigenvalue weighted by atomic mass is 10.0. The molecule has 0 amide bonds. The first kappa shape index (κ1) is 13.6. The van der Waals surface area contributed by atoms with Crippen LogP contribution in [0.5, 0.6) is 0 Å². The summed E-state index contributed by atoms with van der Waals surface area (Å²) in [7, 11) is 0. The maximum absolute atomic E-state index is 4.82. The third kappa shape index (κ3) is 2.16. The number of aliphatic imine (C=N–C) groups is 1. The van der Waals surface area contributed by atoms with Crippen molar-refractivity contribution in [3.8, 4) is 5.69 Å². The zero-order valence-corrected chi connectivity index (χ0v) is 14.2. The van der Waals surface area contributed by atoms with E-state index < -0.39 is 0 Å². The number of benzene rings is 2. The number of nitrogens with zero attached hydrogens (tertiary/aromatic N) is 4. The highest BCUT2D eigenvalue weighted by molar-refractivity contribution is 14.1. The van der Waals surface area contributed by atoms with E-state index in [4.69, 9.17) is 4.99 Å². The number of aromatic nitrogens is 3. The van der Waals surface area contributed by atoms with Gasteiger partial charge in [0.1, 0.15) is 12.4 Å². The predicted octanol–water partition coefficient (Wildman–Crippen LogP) is 3.53. The molecule has 1 aromatic heterocycles. The van der Waals surface area contributed by atoms with E-state index in [9.17, 15) is 0 Å². The minimum absolute atomic E-state index is 0.538. The lowest BCUT2D eigenvalue weighted by Gasteiger charge is -2.13. The molecule has 0 bridgehead atoms. The molecule has 0 radical (unpaired) electrons. The van der Waals surface area contributed by atoms with E-state index in [-0.39, 0.29) is 0 Å². The molecule has 0 N–H and O–H groups in total. The largest absolute Gasteiger partial charge is 0.281 e. The molecule has 1 aliphatic heterocycles. The molecule has 4 nitrogen and oxygen atoms in total. The molecule has 0 fully saturated rings. The quantitative estimate of drug-likeness (QED) is 0.587. The Balaban J connectivity index is 2.01. The summed E-state index contributed by atoms with van der Waals surface area (Å²) in [6, 6.07) is 16.7. The number of hydrogen-bond acceptors (Lipinski definition) is 3. The van der Waals surface area contributed by atoms with Crippen LogP contribution in [0.15, 0.2) is 53.5 Å². The van der Waals surface area contributed by atoms with Gasteiger partial charge in [0.15, 0.2) is 5.82 Å². The van der Waals surface area contributed by atoms with Crippen LogP contribution in [0.3, 0.4) is 0 Å². The van der Waals surface area contributed by atoms with Gasteiger partial charge < -0.3 is 0 Å². The molecule has 108 valence electrons. The van der Waals surface area contributed by atoms with Crippen molar-refractivity contribution in [2.45, 2.75) is 13.5 Å². The summed E-state index contributed by atoms with van der Waals surface area (Å²) in [5.74, 6) is 1.77. The molecule has 0 aliphatic carbocycles. The average molecular weight is 400 g/mol. The molecule has 1 aliphatic rings. The van der Waals surface area contributed by atoms with Crippen molar-refractivity contribution in [1.82, 2.24) is 14.8 Å². The Morgan fingerprint density at radius 1 is 1.05 bits per heavy atom. The Kier molecular flexibility index (Phi) is 3.29. The van der Waals surface area contributed by atoms with Gasteiger partial charge in [0.25, 0.3) is 0 Å². The van der Waals surface area contributed by atoms with Crippen LogP contribution >= 0.6 is 22.6 Å². The Hall–Kier alpha value is -2.02. The van der Waals surface area contributed by atoms with Gasteiger partial charge in [-0.1, -0.05) is 30.3 Å². The van der Waals surface area contributed by atoms with Crippen molar-refractivity contribution >= 4 is 28.3 Å². The Bertz CT molecular complexity index is 881. The van der Waals surface area contributed by atoms with Gasteiger partial charge in [0.2, 0.25) is 0 Å². The topological polar surface area (TPSA) is 43.1 Å². The Labute approximate surface area is 142 Å². The highest BCUT2D eigenvalue weighted by Crippen LogP contribution is 2.27. The second-order valence-electron chi connectivity index (χ2n) is 5.19. The monoisotopic (exact) mass is 400 g/mol. The molecular weight excluding hydrogens is 387 g/mol. The maximum Gasteiger partial charge on any atom is 0.159 e. The van der Waals surface area contributed by atoms with Gasteiger partial charge in [0.05, 0.1) is 11.4 Å². The molecule has 0 unspecified atom stereocenters. The second kappa shape index (κ2) is 5.31. The molecule has 3 aromatic rings. The predicted molar refractivity (Wildman–Crippen MR) is 94.6 cm³/mol. The first-order valence-corrected chi connectivity index (χ1v) is 8.13. The van der Waals surface area contributed by atoms with E-state index >= 15 is 0 Å². The molecule has 0 atom stereocenters. The molecule has 2 heterocycles. The number of fused-ring (bicyclic) bond motifs is 3. The van der Waals surface area contributed by atoms with Gasteiger partial charge in [-0.15, -0.1) is 10.2 Å². The second-order valence-corrected chi connectivity index (χ2v) is 6.44. The Morgan fingerprint density at radius 2 is 1.86 bits per heavy atom. The molecule has 4 rings (SSSR count). The molecule has 22 heavy (non-hydrogen) atoms. The SMILES string of the molecule is Cc1nnc2n1-c1ccc(I)cc1C(c1ccccc1)=NC2. The highest BCUT2D eigenvalue weighted by atomic mass is 127. The fraction of sp³-hybridized carbons (Fsp3) is 0.118. The van der Waals surface area contributed by atoms with Crippen molar-refractivity contribution in [3.63, 3.8) is 0 Å². The minimum atomic E-state index is 0.538. The molecule has 0 spiro atoms. The molecule has 0 saturated heterocycles. The lowest BCUT2D eigenvalue weighted by Crippen LogP contribution is -2.08. The summed E-state index contributed by atoms with van der Waals surface area (Å²) in [5.41, 5.74) is 4.36. The zero-order valence-electron chi connectivity index (χ0n) is 12.0. The van der Waals surface area contributed by atoms with Gasteiger partial charge in [-0.25, -0.2) is 0 Å². The van der Waals surface area contributed by atoms with Crippen LogP contribution in [0.4, 0.5) is 0 Å². The van der Waals surface area contributed by atoms with Gasteiger partial charge >= 0.3 is 0 Å². The van der Waals surface area contributed by atoms with Crippen molar-refractivity contribution < 1.29 is 0 Å². The Morgan fingerprint density at radius 3 is 2.68 bits per heavy atom. The van der Waals surface area contributed by atoms with Gasteiger partial charge in [-0.2, -0.15) is 0 Å². The van der Waals surface area contributed by atoms with Gasteiger partial charge in [-0.3, -0.25) is 9.56 Å². The normalized spacial score (nSPS) is 13.1. The highest BCUT2D eigenvalue weighted by Gasteiger charge is 2.21. The third-order valence-electron chi connectivity index (χ3n) is 3.77. The van der Waals surface area contributed by atoms with E-state index in [0.717, 1.165) is 34.2 Å². The van der Waals surface area contributed by atoms with E-state index in [2.05, 4.69) is 67.7 Å². The number of halogens is 1. The lowest BCUT2D eigenvalue weighted by molar-refractivity contribution is 0.861. The summed E-state index contributed by atoms with van der Waals surface area (Å²) in [6.45, 7) is 2.52. The average Bonchev–Trinajstić information content (AvgIpc) is 2.82. The molecule has 5 heteroatoms.